The first kappa shape index (κ1) is 22.8. The molecule has 3 N–H and O–H groups in total. The van der Waals surface area contributed by atoms with Crippen molar-refractivity contribution in [3.8, 4) is 0 Å². The topological polar surface area (TPSA) is 63.3 Å². The fraction of sp³-hybridized carbons (Fsp3) is 0.667. The maximum absolute atomic E-state index is 11.5. The highest BCUT2D eigenvalue weighted by Crippen LogP contribution is 2.25. The molecule has 1 aromatic carbocycles. The molecule has 0 aliphatic rings. The highest BCUT2D eigenvalue weighted by molar-refractivity contribution is 5.82. The summed E-state index contributed by atoms with van der Waals surface area (Å²) in [5.41, 5.74) is 7.56. The number of Topliss-reactive ketones (excluding diaryl/α,β-unsaturated/α-hetero) is 1. The van der Waals surface area contributed by atoms with Crippen LogP contribution in [0.2, 0.25) is 0 Å². The zero-order valence-corrected chi connectivity index (χ0v) is 16.2. The Kier molecular flexibility index (Phi) is 12.5. The number of carbonyl (C=O) groups excluding carboxylic acids is 1. The minimum Gasteiger partial charge on any atom is -0.392 e. The van der Waals surface area contributed by atoms with E-state index in [2.05, 4.69) is 20.8 Å². The molecule has 3 heteroatoms. The van der Waals surface area contributed by atoms with Crippen LogP contribution in [0.25, 0.3) is 0 Å². The largest absolute Gasteiger partial charge is 0.392 e. The molecule has 0 aromatic heterocycles. The third-order valence-electron chi connectivity index (χ3n) is 4.92. The first-order valence-corrected chi connectivity index (χ1v) is 9.26. The van der Waals surface area contributed by atoms with E-state index in [1.807, 2.05) is 38.1 Å². The highest BCUT2D eigenvalue weighted by Gasteiger charge is 2.23. The summed E-state index contributed by atoms with van der Waals surface area (Å²) in [5.74, 6) is 1.40. The van der Waals surface area contributed by atoms with Crippen LogP contribution in [0.3, 0.4) is 0 Å². The zero-order chi connectivity index (χ0) is 18.5. The van der Waals surface area contributed by atoms with Crippen LogP contribution in [0, 0.1) is 24.7 Å². The standard InChI is InChI=1S/C13H27NO.C8H10O/c1-5-6-7-8-10(2)11(3)12(4)13(15)9-14;1-7-3-2-4-8(5-7)6-9/h10-12H,5-9,14H2,1-4H3;2-5,9H,6H2,1H3. The van der Waals surface area contributed by atoms with Crippen molar-refractivity contribution in [3.63, 3.8) is 0 Å². The molecule has 0 aliphatic carbocycles. The summed E-state index contributed by atoms with van der Waals surface area (Å²) in [7, 11) is 0. The molecule has 1 rings (SSSR count). The SMILES string of the molecule is CCCCCC(C)C(C)C(C)C(=O)CN.Cc1cccc(CO)c1. The molecular weight excluding hydrogens is 298 g/mol. The maximum atomic E-state index is 11.5. The predicted octanol–water partition coefficient (Wildman–Crippen LogP) is 4.49. The number of carbonyl (C=O) groups is 1. The van der Waals surface area contributed by atoms with Gasteiger partial charge in [0.15, 0.2) is 0 Å². The van der Waals surface area contributed by atoms with Crippen molar-refractivity contribution in [2.24, 2.45) is 23.5 Å². The second-order valence-electron chi connectivity index (χ2n) is 6.94. The molecule has 3 nitrogen and oxygen atoms in total. The minimum absolute atomic E-state index is 0.117. The molecule has 138 valence electrons. The van der Waals surface area contributed by atoms with Crippen molar-refractivity contribution in [3.05, 3.63) is 35.4 Å². The number of ketones is 1. The number of hydrogen-bond acceptors (Lipinski definition) is 3. The van der Waals surface area contributed by atoms with Crippen molar-refractivity contribution in [2.75, 3.05) is 6.54 Å². The van der Waals surface area contributed by atoms with Gasteiger partial charge >= 0.3 is 0 Å². The summed E-state index contributed by atoms with van der Waals surface area (Å²) in [6.07, 6.45) is 5.08. The van der Waals surface area contributed by atoms with Crippen LogP contribution in [0.5, 0.6) is 0 Å². The highest BCUT2D eigenvalue weighted by atomic mass is 16.3. The van der Waals surface area contributed by atoms with Gasteiger partial charge < -0.3 is 10.8 Å². The number of unbranched alkanes of at least 4 members (excludes halogenated alkanes) is 2. The third kappa shape index (κ3) is 9.19. The van der Waals surface area contributed by atoms with E-state index in [1.165, 1.54) is 31.2 Å². The molecule has 0 bridgehead atoms. The number of aryl methyl sites for hydroxylation is 1. The van der Waals surface area contributed by atoms with Gasteiger partial charge in [0, 0.05) is 5.92 Å². The second kappa shape index (κ2) is 13.1. The van der Waals surface area contributed by atoms with Crippen molar-refractivity contribution >= 4 is 5.78 Å². The minimum atomic E-state index is 0.117. The number of aliphatic hydroxyl groups excluding tert-OH is 1. The van der Waals surface area contributed by atoms with Crippen LogP contribution < -0.4 is 5.73 Å². The van der Waals surface area contributed by atoms with Crippen LogP contribution in [0.15, 0.2) is 24.3 Å². The Hall–Kier alpha value is -1.19. The molecule has 0 fully saturated rings. The molecule has 3 unspecified atom stereocenters. The fourth-order valence-corrected chi connectivity index (χ4v) is 2.76. The maximum Gasteiger partial charge on any atom is 0.149 e. The lowest BCUT2D eigenvalue weighted by atomic mass is 9.80. The van der Waals surface area contributed by atoms with Crippen LogP contribution in [0.1, 0.15) is 64.5 Å². The van der Waals surface area contributed by atoms with Gasteiger partial charge in [-0.25, -0.2) is 0 Å². The van der Waals surface area contributed by atoms with Crippen LogP contribution in [0.4, 0.5) is 0 Å². The van der Waals surface area contributed by atoms with Gasteiger partial charge in [0.1, 0.15) is 5.78 Å². The van der Waals surface area contributed by atoms with Gasteiger partial charge in [-0.3, -0.25) is 4.79 Å². The van der Waals surface area contributed by atoms with Gasteiger partial charge in [-0.1, -0.05) is 83.2 Å². The molecule has 0 spiro atoms. The van der Waals surface area contributed by atoms with Gasteiger partial charge in [0.2, 0.25) is 0 Å². The fourth-order valence-electron chi connectivity index (χ4n) is 2.76. The lowest BCUT2D eigenvalue weighted by molar-refractivity contribution is -0.122. The lowest BCUT2D eigenvalue weighted by Gasteiger charge is -2.24. The molecule has 0 aliphatic heterocycles. The van der Waals surface area contributed by atoms with Crippen molar-refractivity contribution in [2.45, 2.75) is 66.9 Å². The molecule has 1 aromatic rings. The summed E-state index contributed by atoms with van der Waals surface area (Å²) in [5, 5.41) is 8.66. The summed E-state index contributed by atoms with van der Waals surface area (Å²) < 4.78 is 0. The van der Waals surface area contributed by atoms with Crippen molar-refractivity contribution < 1.29 is 9.90 Å². The predicted molar refractivity (Wildman–Crippen MR) is 103 cm³/mol. The van der Waals surface area contributed by atoms with E-state index in [0.29, 0.717) is 11.8 Å². The molecule has 3 atom stereocenters. The number of rotatable bonds is 9. The van der Waals surface area contributed by atoms with Gasteiger partial charge in [-0.2, -0.15) is 0 Å². The summed E-state index contributed by atoms with van der Waals surface area (Å²) in [6.45, 7) is 11.0. The van der Waals surface area contributed by atoms with Crippen molar-refractivity contribution in [1.29, 1.82) is 0 Å². The summed E-state index contributed by atoms with van der Waals surface area (Å²) >= 11 is 0. The Morgan fingerprint density at radius 3 is 2.33 bits per heavy atom. The summed E-state index contributed by atoms with van der Waals surface area (Å²) in [6, 6.07) is 7.84. The first-order chi connectivity index (χ1) is 11.4. The molecule has 0 saturated heterocycles. The van der Waals surface area contributed by atoms with E-state index in [9.17, 15) is 4.79 Å². The molecular formula is C21H37NO2. The van der Waals surface area contributed by atoms with Gasteiger partial charge in [-0.15, -0.1) is 0 Å². The average molecular weight is 336 g/mol. The van der Waals surface area contributed by atoms with Crippen LogP contribution in [-0.2, 0) is 11.4 Å². The smallest absolute Gasteiger partial charge is 0.149 e. The Balaban J connectivity index is 0.000000496. The molecule has 0 saturated carbocycles. The Labute approximate surface area is 148 Å². The zero-order valence-electron chi connectivity index (χ0n) is 16.2. The number of nitrogens with two attached hydrogens (primary N) is 1. The van der Waals surface area contributed by atoms with Gasteiger partial charge in [0.05, 0.1) is 13.2 Å². The Morgan fingerprint density at radius 1 is 1.21 bits per heavy atom. The first-order valence-electron chi connectivity index (χ1n) is 9.26. The summed E-state index contributed by atoms with van der Waals surface area (Å²) in [4.78, 5) is 11.5. The monoisotopic (exact) mass is 335 g/mol. The van der Waals surface area contributed by atoms with E-state index in [-0.39, 0.29) is 24.9 Å². The Bertz CT molecular complexity index is 459. The second-order valence-corrected chi connectivity index (χ2v) is 6.94. The van der Waals surface area contributed by atoms with E-state index in [4.69, 9.17) is 10.8 Å². The van der Waals surface area contributed by atoms with Crippen LogP contribution >= 0.6 is 0 Å². The average Bonchev–Trinajstić information content (AvgIpc) is 2.60. The molecule has 0 radical (unpaired) electrons. The van der Waals surface area contributed by atoms with Crippen LogP contribution in [-0.4, -0.2) is 17.4 Å². The van der Waals surface area contributed by atoms with Crippen molar-refractivity contribution in [1.82, 2.24) is 0 Å². The van der Waals surface area contributed by atoms with E-state index in [0.717, 1.165) is 5.56 Å². The quantitative estimate of drug-likeness (QED) is 0.654. The Morgan fingerprint density at radius 2 is 1.88 bits per heavy atom. The number of aliphatic hydroxyl groups is 1. The van der Waals surface area contributed by atoms with E-state index < -0.39 is 0 Å². The van der Waals surface area contributed by atoms with Gasteiger partial charge in [-0.05, 0) is 24.3 Å². The number of hydrogen-bond donors (Lipinski definition) is 2. The molecule has 0 amide bonds. The molecule has 24 heavy (non-hydrogen) atoms. The van der Waals surface area contributed by atoms with E-state index in [1.54, 1.807) is 0 Å². The normalized spacial score (nSPS) is 14.3. The van der Waals surface area contributed by atoms with E-state index >= 15 is 0 Å². The number of benzene rings is 1. The van der Waals surface area contributed by atoms with Gasteiger partial charge in [0.25, 0.3) is 0 Å². The molecule has 0 heterocycles. The lowest BCUT2D eigenvalue weighted by Crippen LogP contribution is -2.29. The third-order valence-corrected chi connectivity index (χ3v) is 4.92.